The molecular formula is C57H75FO18. The average molecular weight is 1070 g/mol. The van der Waals surface area contributed by atoms with Crippen molar-refractivity contribution in [1.82, 2.24) is 0 Å². The summed E-state index contributed by atoms with van der Waals surface area (Å²) >= 11 is 0. The van der Waals surface area contributed by atoms with Gasteiger partial charge in [-0.2, -0.15) is 0 Å². The highest BCUT2D eigenvalue weighted by Crippen LogP contribution is 2.71. The Morgan fingerprint density at radius 1 is 0.632 bits per heavy atom. The third kappa shape index (κ3) is 9.81. The minimum absolute atomic E-state index is 0.0119. The average Bonchev–Trinajstić information content (AvgIpc) is 3.76. The maximum absolute atomic E-state index is 17.5. The number of alkyl halides is 1. The molecule has 0 radical (unpaired) electrons. The van der Waals surface area contributed by atoms with E-state index in [0.717, 1.165) is 12.0 Å². The van der Waals surface area contributed by atoms with E-state index in [4.69, 9.17) is 28.4 Å². The van der Waals surface area contributed by atoms with E-state index < -0.39 is 124 Å². The van der Waals surface area contributed by atoms with E-state index in [2.05, 4.69) is 0 Å². The molecule has 0 aromatic carbocycles. The Bertz CT molecular complexity index is 2480. The summed E-state index contributed by atoms with van der Waals surface area (Å²) in [7, 11) is 0. The molecule has 0 heterocycles. The van der Waals surface area contributed by atoms with Crippen LogP contribution in [0.4, 0.5) is 4.39 Å². The number of allylic oxidation sites excluding steroid dienone is 8. The number of carbonyl (C=O) groups excluding carboxylic acids is 8. The van der Waals surface area contributed by atoms with Crippen LogP contribution in [0, 0.1) is 57.2 Å². The lowest BCUT2D eigenvalue weighted by Gasteiger charge is -2.62. The lowest BCUT2D eigenvalue weighted by Crippen LogP contribution is -2.69. The van der Waals surface area contributed by atoms with Crippen LogP contribution in [0.5, 0.6) is 0 Å². The summed E-state index contributed by atoms with van der Waals surface area (Å²) in [6.45, 7) is 7.53. The van der Waals surface area contributed by atoms with Crippen LogP contribution < -0.4 is 0 Å². The molecule has 8 rings (SSSR count). The van der Waals surface area contributed by atoms with Gasteiger partial charge in [0.25, 0.3) is 0 Å². The quantitative estimate of drug-likeness (QED) is 0.0711. The van der Waals surface area contributed by atoms with Crippen molar-refractivity contribution in [2.75, 3.05) is 52.9 Å². The van der Waals surface area contributed by atoms with E-state index in [9.17, 15) is 58.8 Å². The molecule has 76 heavy (non-hydrogen) atoms. The highest BCUT2D eigenvalue weighted by molar-refractivity contribution is 6.02. The Morgan fingerprint density at radius 3 is 1.76 bits per heavy atom. The molecule has 0 aromatic heterocycles. The van der Waals surface area contributed by atoms with Crippen molar-refractivity contribution in [3.63, 3.8) is 0 Å². The summed E-state index contributed by atoms with van der Waals surface area (Å²) in [5.41, 5.74) is -8.25. The second-order valence-corrected chi connectivity index (χ2v) is 23.6. The standard InChI is InChI=1S/C57H75FO18/c1-33-26-41-40-9-7-35-28-37(60)15-18-52(35,3)56(40,58)43(62)30-54(41,5)57(33,70)45(64)32-76-49(68)13-11-47(66)74-25-23-72-21-20-71-22-24-73-46(65)10-12-48(67)75-31-44(63)55(69)19-16-39-38-8-6-34-27-36(59)14-17-51(34,2)50(38)42(61)29-53(39,55)4/h14-15,17-18,27-28,33,38-43,50,61-62,69-70H,6-13,16,19-26,29-32H2,1-5H3. The van der Waals surface area contributed by atoms with E-state index in [1.54, 1.807) is 32.9 Å². The third-order valence-corrected chi connectivity index (χ3v) is 19.9. The molecule has 0 bridgehead atoms. The smallest absolute Gasteiger partial charge is 0.306 e. The second kappa shape index (κ2) is 21.8. The summed E-state index contributed by atoms with van der Waals surface area (Å²) in [6.07, 6.45) is 8.83. The number of fused-ring (bicyclic) bond motifs is 10. The molecule has 0 spiro atoms. The summed E-state index contributed by atoms with van der Waals surface area (Å²) in [5, 5.41) is 47.2. The van der Waals surface area contributed by atoms with Crippen molar-refractivity contribution in [2.24, 2.45) is 57.2 Å². The molecule has 6 fully saturated rings. The Balaban J connectivity index is 0.649. The Morgan fingerprint density at radius 2 is 1.16 bits per heavy atom. The number of rotatable bonds is 21. The van der Waals surface area contributed by atoms with Gasteiger partial charge >= 0.3 is 23.9 Å². The molecule has 4 N–H and O–H groups in total. The molecule has 15 unspecified atom stereocenters. The van der Waals surface area contributed by atoms with E-state index in [1.165, 1.54) is 18.2 Å². The Kier molecular flexibility index (Phi) is 16.5. The molecule has 8 aliphatic carbocycles. The minimum atomic E-state index is -2.13. The van der Waals surface area contributed by atoms with Gasteiger partial charge in [-0.15, -0.1) is 0 Å². The van der Waals surface area contributed by atoms with Gasteiger partial charge in [0, 0.05) is 33.5 Å². The van der Waals surface area contributed by atoms with Gasteiger partial charge in [0.05, 0.1) is 64.3 Å². The van der Waals surface area contributed by atoms with Crippen molar-refractivity contribution < 1.29 is 91.6 Å². The topological polar surface area (TPSA) is 273 Å². The maximum Gasteiger partial charge on any atom is 0.306 e. The molecule has 15 atom stereocenters. The number of halogens is 1. The predicted octanol–water partition coefficient (Wildman–Crippen LogP) is 4.25. The summed E-state index contributed by atoms with van der Waals surface area (Å²) in [6, 6.07) is 0. The van der Waals surface area contributed by atoms with Crippen molar-refractivity contribution in [3.8, 4) is 0 Å². The molecule has 0 aliphatic heterocycles. The number of ketones is 4. The Labute approximate surface area is 442 Å². The number of aliphatic hydroxyl groups excluding tert-OH is 2. The minimum Gasteiger partial charge on any atom is -0.463 e. The lowest BCUT2D eigenvalue weighted by atomic mass is 9.44. The first-order chi connectivity index (χ1) is 35.8. The molecule has 0 saturated heterocycles. The molecule has 6 saturated carbocycles. The van der Waals surface area contributed by atoms with Gasteiger partial charge in [0.2, 0.25) is 11.6 Å². The summed E-state index contributed by atoms with van der Waals surface area (Å²) in [4.78, 5) is 101. The van der Waals surface area contributed by atoms with Crippen molar-refractivity contribution in [1.29, 1.82) is 0 Å². The number of aliphatic hydroxyl groups is 4. The van der Waals surface area contributed by atoms with Gasteiger partial charge in [-0.1, -0.05) is 51.0 Å². The highest BCUT2D eigenvalue weighted by Gasteiger charge is 2.76. The van der Waals surface area contributed by atoms with Crippen LogP contribution >= 0.6 is 0 Å². The van der Waals surface area contributed by atoms with Crippen LogP contribution in [0.3, 0.4) is 0 Å². The maximum atomic E-state index is 17.5. The van der Waals surface area contributed by atoms with E-state index >= 15 is 4.39 Å². The van der Waals surface area contributed by atoms with Crippen LogP contribution in [0.1, 0.15) is 118 Å². The molecular weight excluding hydrogens is 992 g/mol. The van der Waals surface area contributed by atoms with Crippen molar-refractivity contribution >= 4 is 47.0 Å². The van der Waals surface area contributed by atoms with Crippen LogP contribution in [-0.2, 0) is 66.8 Å². The van der Waals surface area contributed by atoms with Crippen LogP contribution in [-0.4, -0.2) is 149 Å². The molecule has 0 aromatic rings. The first kappa shape index (κ1) is 57.4. The number of ether oxygens (including phenoxy) is 6. The zero-order valence-corrected chi connectivity index (χ0v) is 44.3. The van der Waals surface area contributed by atoms with E-state index in [0.29, 0.717) is 37.7 Å². The number of Topliss-reactive ketones (excluding diaryl/α,β-unsaturated/α-hetero) is 2. The summed E-state index contributed by atoms with van der Waals surface area (Å²) < 4.78 is 48.8. The molecule has 0 amide bonds. The van der Waals surface area contributed by atoms with Gasteiger partial charge in [-0.25, -0.2) is 4.39 Å². The van der Waals surface area contributed by atoms with Gasteiger partial charge in [-0.3, -0.25) is 38.4 Å². The fourth-order valence-corrected chi connectivity index (χ4v) is 15.9. The van der Waals surface area contributed by atoms with Crippen molar-refractivity contribution in [3.05, 3.63) is 47.6 Å². The highest BCUT2D eigenvalue weighted by atomic mass is 19.1. The van der Waals surface area contributed by atoms with Gasteiger partial charge < -0.3 is 48.8 Å². The van der Waals surface area contributed by atoms with Crippen LogP contribution in [0.2, 0.25) is 0 Å². The van der Waals surface area contributed by atoms with Crippen molar-refractivity contribution in [2.45, 2.75) is 147 Å². The van der Waals surface area contributed by atoms with E-state index in [1.807, 2.05) is 19.9 Å². The monoisotopic (exact) mass is 1070 g/mol. The SMILES string of the molecule is CC1CC2C3CCC4=CC(=O)C=CC4(C)C3(F)C(O)CC2(C)C1(O)C(=O)COC(=O)CCC(=O)OCCOCCOCCOC(=O)CCC(=O)OCC(=O)C1(O)CCC2C3CCC4=CC(=O)C=CC4(C)C3C(O)CC21C. The zero-order valence-electron chi connectivity index (χ0n) is 44.3. The fraction of sp³-hybridized carbons (Fsp3) is 0.719. The largest absolute Gasteiger partial charge is 0.463 e. The molecule has 19 heteroatoms. The van der Waals surface area contributed by atoms with Gasteiger partial charge in [0.15, 0.2) is 30.4 Å². The molecule has 18 nitrogen and oxygen atoms in total. The zero-order chi connectivity index (χ0) is 55.2. The normalized spacial score (nSPS) is 39.7. The number of hydrogen-bond acceptors (Lipinski definition) is 18. The van der Waals surface area contributed by atoms with Gasteiger partial charge in [-0.05, 0) is 113 Å². The van der Waals surface area contributed by atoms with Gasteiger partial charge in [0.1, 0.15) is 24.4 Å². The molecule has 418 valence electrons. The molecule has 8 aliphatic rings. The number of esters is 4. The summed E-state index contributed by atoms with van der Waals surface area (Å²) in [5.74, 6) is -6.84. The predicted molar refractivity (Wildman–Crippen MR) is 265 cm³/mol. The van der Waals surface area contributed by atoms with E-state index in [-0.39, 0.29) is 107 Å². The lowest BCUT2D eigenvalue weighted by molar-refractivity contribution is -0.220. The Hall–Kier alpha value is -4.79. The second-order valence-electron chi connectivity index (χ2n) is 23.6. The first-order valence-corrected chi connectivity index (χ1v) is 27.0. The third-order valence-electron chi connectivity index (χ3n) is 19.9. The number of carbonyl (C=O) groups is 8. The fourth-order valence-electron chi connectivity index (χ4n) is 15.9. The number of hydrogen-bond donors (Lipinski definition) is 4. The first-order valence-electron chi connectivity index (χ1n) is 27.0. The van der Waals surface area contributed by atoms with Crippen LogP contribution in [0.25, 0.3) is 0 Å². The van der Waals surface area contributed by atoms with Crippen LogP contribution in [0.15, 0.2) is 47.6 Å².